The van der Waals surface area contributed by atoms with Crippen molar-refractivity contribution < 1.29 is 18.3 Å². The van der Waals surface area contributed by atoms with Gasteiger partial charge in [0, 0.05) is 16.8 Å². The fraction of sp³-hybridized carbons (Fsp3) is 0.0952. The van der Waals surface area contributed by atoms with E-state index in [0.29, 0.717) is 17.0 Å². The van der Waals surface area contributed by atoms with Gasteiger partial charge in [0.15, 0.2) is 0 Å². The summed E-state index contributed by atoms with van der Waals surface area (Å²) < 4.78 is 24.3. The second kappa shape index (κ2) is 6.52. The minimum Gasteiger partial charge on any atom is -0.495 e. The molecule has 1 amide bonds. The minimum atomic E-state index is -0.328. The largest absolute Gasteiger partial charge is 0.495 e. The maximum atomic E-state index is 13.0. The van der Waals surface area contributed by atoms with Crippen LogP contribution >= 0.6 is 0 Å². The molecule has 26 heavy (non-hydrogen) atoms. The number of carbonyl (C=O) groups is 1. The Morgan fingerprint density at radius 3 is 2.58 bits per heavy atom. The Bertz CT molecular complexity index is 1100. The van der Waals surface area contributed by atoms with E-state index in [-0.39, 0.29) is 18.1 Å². The van der Waals surface area contributed by atoms with Gasteiger partial charge in [-0.25, -0.2) is 4.39 Å². The van der Waals surface area contributed by atoms with E-state index in [1.807, 2.05) is 30.3 Å². The van der Waals surface area contributed by atoms with Crippen molar-refractivity contribution in [1.29, 1.82) is 0 Å². The van der Waals surface area contributed by atoms with E-state index in [2.05, 4.69) is 5.32 Å². The molecule has 4 rings (SSSR count). The first kappa shape index (κ1) is 16.1. The second-order valence-corrected chi connectivity index (χ2v) is 6.00. The maximum absolute atomic E-state index is 13.0. The van der Waals surface area contributed by atoms with Crippen LogP contribution in [0.25, 0.3) is 21.9 Å². The van der Waals surface area contributed by atoms with E-state index < -0.39 is 0 Å². The van der Waals surface area contributed by atoms with E-state index in [0.717, 1.165) is 21.9 Å². The number of benzene rings is 3. The van der Waals surface area contributed by atoms with Gasteiger partial charge in [0.1, 0.15) is 22.7 Å². The van der Waals surface area contributed by atoms with Gasteiger partial charge in [-0.05, 0) is 29.8 Å². The molecule has 0 radical (unpaired) electrons. The molecule has 0 aliphatic carbocycles. The third-order valence-corrected chi connectivity index (χ3v) is 4.25. The van der Waals surface area contributed by atoms with Crippen LogP contribution < -0.4 is 10.1 Å². The zero-order valence-corrected chi connectivity index (χ0v) is 14.1. The quantitative estimate of drug-likeness (QED) is 0.569. The highest BCUT2D eigenvalue weighted by Gasteiger charge is 2.14. The first-order valence-electron chi connectivity index (χ1n) is 8.17. The van der Waals surface area contributed by atoms with Crippen molar-refractivity contribution in [3.05, 3.63) is 72.0 Å². The van der Waals surface area contributed by atoms with E-state index in [1.165, 1.54) is 12.1 Å². The molecule has 0 saturated carbocycles. The van der Waals surface area contributed by atoms with Crippen molar-refractivity contribution in [1.82, 2.24) is 0 Å². The average molecular weight is 349 g/mol. The zero-order valence-electron chi connectivity index (χ0n) is 14.1. The fourth-order valence-corrected chi connectivity index (χ4v) is 3.00. The standard InChI is InChI=1S/C21H16FNO3/c1-25-20-11-16-15-4-2-3-5-18(15)26-19(16)12-17(20)23-21(24)10-13-6-8-14(22)9-7-13/h2-9,11-12H,10H2,1H3,(H,23,24). The van der Waals surface area contributed by atoms with Gasteiger partial charge in [-0.1, -0.05) is 30.3 Å². The first-order chi connectivity index (χ1) is 12.6. The molecule has 0 atom stereocenters. The lowest BCUT2D eigenvalue weighted by Crippen LogP contribution is -2.15. The number of nitrogens with one attached hydrogen (secondary N) is 1. The van der Waals surface area contributed by atoms with Gasteiger partial charge in [-0.3, -0.25) is 4.79 Å². The molecule has 0 aliphatic rings. The Kier molecular flexibility index (Phi) is 4.05. The SMILES string of the molecule is COc1cc2c(cc1NC(=O)Cc1ccc(F)cc1)oc1ccccc12. The maximum Gasteiger partial charge on any atom is 0.228 e. The van der Waals surface area contributed by atoms with Crippen LogP contribution in [0, 0.1) is 5.82 Å². The molecule has 3 aromatic carbocycles. The van der Waals surface area contributed by atoms with E-state index >= 15 is 0 Å². The van der Waals surface area contributed by atoms with E-state index in [1.54, 1.807) is 25.3 Å². The topological polar surface area (TPSA) is 51.5 Å². The number of hydrogen-bond acceptors (Lipinski definition) is 3. The minimum absolute atomic E-state index is 0.140. The molecule has 0 spiro atoms. The molecule has 4 aromatic rings. The number of anilines is 1. The van der Waals surface area contributed by atoms with Crippen molar-refractivity contribution in [3.63, 3.8) is 0 Å². The molecular formula is C21H16FNO3. The molecule has 4 nitrogen and oxygen atoms in total. The van der Waals surface area contributed by atoms with Gasteiger partial charge in [-0.2, -0.15) is 0 Å². The summed E-state index contributed by atoms with van der Waals surface area (Å²) in [6.45, 7) is 0. The predicted molar refractivity (Wildman–Crippen MR) is 99.0 cm³/mol. The van der Waals surface area contributed by atoms with Crippen LogP contribution in [-0.2, 0) is 11.2 Å². The molecule has 0 aliphatic heterocycles. The molecule has 1 heterocycles. The summed E-state index contributed by atoms with van der Waals surface area (Å²) in [7, 11) is 1.55. The molecule has 0 unspecified atom stereocenters. The molecule has 0 bridgehead atoms. The Morgan fingerprint density at radius 1 is 1.04 bits per heavy atom. The molecule has 5 heteroatoms. The van der Waals surface area contributed by atoms with Gasteiger partial charge in [0.05, 0.1) is 19.2 Å². The third kappa shape index (κ3) is 2.99. The summed E-state index contributed by atoms with van der Waals surface area (Å²) in [6, 6.07) is 17.2. The second-order valence-electron chi connectivity index (χ2n) is 6.00. The van der Waals surface area contributed by atoms with Crippen molar-refractivity contribution in [3.8, 4) is 5.75 Å². The molecule has 1 aromatic heterocycles. The van der Waals surface area contributed by atoms with Gasteiger partial charge < -0.3 is 14.5 Å². The van der Waals surface area contributed by atoms with Crippen molar-refractivity contribution in [2.24, 2.45) is 0 Å². The Labute approximate surface area is 149 Å². The Hall–Kier alpha value is -3.34. The highest BCUT2D eigenvalue weighted by molar-refractivity contribution is 6.07. The average Bonchev–Trinajstić information content (AvgIpc) is 3.00. The van der Waals surface area contributed by atoms with Crippen LogP contribution in [0.5, 0.6) is 5.75 Å². The lowest BCUT2D eigenvalue weighted by Gasteiger charge is -2.10. The highest BCUT2D eigenvalue weighted by Crippen LogP contribution is 2.36. The summed E-state index contributed by atoms with van der Waals surface area (Å²) in [6.07, 6.45) is 0.140. The number of carbonyl (C=O) groups excluding carboxylic acids is 1. The number of furan rings is 1. The molecule has 0 saturated heterocycles. The van der Waals surface area contributed by atoms with Gasteiger partial charge in [0.2, 0.25) is 5.91 Å². The van der Waals surface area contributed by atoms with Crippen molar-refractivity contribution >= 4 is 33.5 Å². The summed E-state index contributed by atoms with van der Waals surface area (Å²) in [5.74, 6) is 0.00745. The van der Waals surface area contributed by atoms with Gasteiger partial charge in [0.25, 0.3) is 0 Å². The fourth-order valence-electron chi connectivity index (χ4n) is 3.00. The lowest BCUT2D eigenvalue weighted by molar-refractivity contribution is -0.115. The number of methoxy groups -OCH3 is 1. The predicted octanol–water partition coefficient (Wildman–Crippen LogP) is 4.91. The summed E-state index contributed by atoms with van der Waals surface area (Å²) >= 11 is 0. The van der Waals surface area contributed by atoms with Crippen LogP contribution in [0.1, 0.15) is 5.56 Å². The summed E-state index contributed by atoms with van der Waals surface area (Å²) in [5, 5.41) is 4.76. The van der Waals surface area contributed by atoms with Crippen molar-refractivity contribution in [2.75, 3.05) is 12.4 Å². The summed E-state index contributed by atoms with van der Waals surface area (Å²) in [5.41, 5.74) is 2.71. The molecule has 130 valence electrons. The molecule has 1 N–H and O–H groups in total. The number of rotatable bonds is 4. The van der Waals surface area contributed by atoms with Gasteiger partial charge in [-0.15, -0.1) is 0 Å². The number of ether oxygens (including phenoxy) is 1. The monoisotopic (exact) mass is 349 g/mol. The van der Waals surface area contributed by atoms with Gasteiger partial charge >= 0.3 is 0 Å². The Morgan fingerprint density at radius 2 is 1.81 bits per heavy atom. The van der Waals surface area contributed by atoms with Crippen LogP contribution in [0.15, 0.2) is 65.1 Å². The van der Waals surface area contributed by atoms with Crippen LogP contribution in [0.2, 0.25) is 0 Å². The number of amides is 1. The number of halogens is 1. The Balaban J connectivity index is 1.65. The summed E-state index contributed by atoms with van der Waals surface area (Å²) in [4.78, 5) is 12.4. The molecular weight excluding hydrogens is 333 g/mol. The highest BCUT2D eigenvalue weighted by atomic mass is 19.1. The number of fused-ring (bicyclic) bond motifs is 3. The normalized spacial score (nSPS) is 11.0. The molecule has 0 fully saturated rings. The van der Waals surface area contributed by atoms with Crippen LogP contribution in [0.4, 0.5) is 10.1 Å². The van der Waals surface area contributed by atoms with E-state index in [9.17, 15) is 9.18 Å². The number of hydrogen-bond donors (Lipinski definition) is 1. The van der Waals surface area contributed by atoms with Crippen molar-refractivity contribution in [2.45, 2.75) is 6.42 Å². The van der Waals surface area contributed by atoms with Crippen LogP contribution in [-0.4, -0.2) is 13.0 Å². The lowest BCUT2D eigenvalue weighted by atomic mass is 10.1. The smallest absolute Gasteiger partial charge is 0.228 e. The van der Waals surface area contributed by atoms with Crippen LogP contribution in [0.3, 0.4) is 0 Å². The zero-order chi connectivity index (χ0) is 18.1. The first-order valence-corrected chi connectivity index (χ1v) is 8.17. The van der Waals surface area contributed by atoms with E-state index in [4.69, 9.17) is 9.15 Å². The third-order valence-electron chi connectivity index (χ3n) is 4.25. The number of para-hydroxylation sites is 1.